The molecule has 220 valence electrons. The van der Waals surface area contributed by atoms with Crippen LogP contribution in [0.3, 0.4) is 0 Å². The molecular formula is C32H33N7O4. The predicted molar refractivity (Wildman–Crippen MR) is 162 cm³/mol. The molecule has 0 saturated carbocycles. The van der Waals surface area contributed by atoms with Crippen LogP contribution in [0.15, 0.2) is 71.5 Å². The molecule has 1 saturated heterocycles. The van der Waals surface area contributed by atoms with Gasteiger partial charge >= 0.3 is 0 Å². The Hall–Kier alpha value is -4.90. The summed E-state index contributed by atoms with van der Waals surface area (Å²) < 4.78 is 12.9. The minimum absolute atomic E-state index is 0.0933. The SMILES string of the molecule is CCCCc1nc2ccc(OCC(=O)N3CCOCC3)cc2c(=O)n1Cc1ccc(-c2ccccc2-c2nn[nH]n2)cc1. The molecule has 1 aliphatic heterocycles. The van der Waals surface area contributed by atoms with Crippen molar-refractivity contribution in [1.82, 2.24) is 35.1 Å². The lowest BCUT2D eigenvalue weighted by Gasteiger charge is -2.26. The first-order valence-electron chi connectivity index (χ1n) is 14.5. The first-order chi connectivity index (χ1) is 21.1. The topological polar surface area (TPSA) is 128 Å². The second-order valence-corrected chi connectivity index (χ2v) is 10.5. The number of morpholine rings is 1. The van der Waals surface area contributed by atoms with Crippen LogP contribution in [0.25, 0.3) is 33.4 Å². The molecule has 0 bridgehead atoms. The number of nitrogens with zero attached hydrogens (tertiary/aromatic N) is 6. The second kappa shape index (κ2) is 13.0. The third-order valence-electron chi connectivity index (χ3n) is 7.60. The zero-order valence-electron chi connectivity index (χ0n) is 24.0. The molecule has 0 radical (unpaired) electrons. The van der Waals surface area contributed by atoms with Gasteiger partial charge in [0.25, 0.3) is 11.5 Å². The summed E-state index contributed by atoms with van der Waals surface area (Å²) in [6.45, 7) is 4.59. The van der Waals surface area contributed by atoms with Crippen LogP contribution in [-0.4, -0.2) is 73.9 Å². The highest BCUT2D eigenvalue weighted by molar-refractivity contribution is 5.81. The largest absolute Gasteiger partial charge is 0.484 e. The van der Waals surface area contributed by atoms with Gasteiger partial charge in [-0.2, -0.15) is 5.21 Å². The molecule has 11 heteroatoms. The highest BCUT2D eigenvalue weighted by Crippen LogP contribution is 2.30. The van der Waals surface area contributed by atoms with Gasteiger partial charge in [-0.05, 0) is 46.5 Å². The van der Waals surface area contributed by atoms with Gasteiger partial charge in [-0.1, -0.05) is 61.9 Å². The van der Waals surface area contributed by atoms with E-state index >= 15 is 0 Å². The maximum Gasteiger partial charge on any atom is 0.261 e. The molecule has 2 aromatic heterocycles. The van der Waals surface area contributed by atoms with Crippen molar-refractivity contribution in [3.05, 3.63) is 88.5 Å². The quantitative estimate of drug-likeness (QED) is 0.264. The van der Waals surface area contributed by atoms with E-state index in [0.717, 1.165) is 40.9 Å². The van der Waals surface area contributed by atoms with E-state index in [4.69, 9.17) is 14.5 Å². The Morgan fingerprint density at radius 3 is 2.56 bits per heavy atom. The smallest absolute Gasteiger partial charge is 0.261 e. The van der Waals surface area contributed by atoms with Gasteiger partial charge in [-0.3, -0.25) is 14.2 Å². The van der Waals surface area contributed by atoms with E-state index in [0.29, 0.717) is 61.7 Å². The fourth-order valence-corrected chi connectivity index (χ4v) is 5.25. The Morgan fingerprint density at radius 2 is 1.81 bits per heavy atom. The number of aromatic amines is 1. The molecule has 1 amide bonds. The van der Waals surface area contributed by atoms with E-state index in [1.54, 1.807) is 27.7 Å². The Bertz CT molecular complexity index is 1760. The van der Waals surface area contributed by atoms with Gasteiger partial charge in [0.1, 0.15) is 11.6 Å². The molecular weight excluding hydrogens is 546 g/mol. The highest BCUT2D eigenvalue weighted by Gasteiger charge is 2.18. The zero-order valence-corrected chi connectivity index (χ0v) is 24.0. The normalized spacial score (nSPS) is 13.4. The van der Waals surface area contributed by atoms with Gasteiger partial charge in [-0.15, -0.1) is 10.2 Å². The predicted octanol–water partition coefficient (Wildman–Crippen LogP) is 3.87. The van der Waals surface area contributed by atoms with E-state index < -0.39 is 0 Å². The number of tetrazole rings is 1. The third kappa shape index (κ3) is 6.31. The molecule has 43 heavy (non-hydrogen) atoms. The molecule has 1 aliphatic rings. The summed E-state index contributed by atoms with van der Waals surface area (Å²) in [5.41, 5.74) is 4.34. The molecule has 11 nitrogen and oxygen atoms in total. The number of amides is 1. The van der Waals surface area contributed by atoms with Crippen molar-refractivity contribution in [3.63, 3.8) is 0 Å². The number of hydrogen-bond acceptors (Lipinski definition) is 8. The summed E-state index contributed by atoms with van der Waals surface area (Å²) in [4.78, 5) is 33.0. The zero-order chi connectivity index (χ0) is 29.6. The van der Waals surface area contributed by atoms with E-state index in [-0.39, 0.29) is 18.1 Å². The van der Waals surface area contributed by atoms with Gasteiger partial charge in [0.2, 0.25) is 5.82 Å². The van der Waals surface area contributed by atoms with Crippen molar-refractivity contribution in [2.24, 2.45) is 0 Å². The second-order valence-electron chi connectivity index (χ2n) is 10.5. The summed E-state index contributed by atoms with van der Waals surface area (Å²) >= 11 is 0. The summed E-state index contributed by atoms with van der Waals surface area (Å²) in [7, 11) is 0. The van der Waals surface area contributed by atoms with Crippen LogP contribution < -0.4 is 10.3 Å². The first kappa shape index (κ1) is 28.2. The Balaban J connectivity index is 1.26. The Morgan fingerprint density at radius 1 is 1.02 bits per heavy atom. The Labute approximate surface area is 248 Å². The van der Waals surface area contributed by atoms with Crippen molar-refractivity contribution in [2.75, 3.05) is 32.9 Å². The van der Waals surface area contributed by atoms with Crippen LogP contribution in [0.5, 0.6) is 5.75 Å². The van der Waals surface area contributed by atoms with Crippen molar-refractivity contribution in [1.29, 1.82) is 0 Å². The molecule has 1 fully saturated rings. The lowest BCUT2D eigenvalue weighted by molar-refractivity contribution is -0.137. The number of hydrogen-bond donors (Lipinski definition) is 1. The molecule has 3 heterocycles. The lowest BCUT2D eigenvalue weighted by Crippen LogP contribution is -2.42. The van der Waals surface area contributed by atoms with Crippen LogP contribution in [0, 0.1) is 0 Å². The van der Waals surface area contributed by atoms with Crippen molar-refractivity contribution in [2.45, 2.75) is 32.7 Å². The molecule has 0 aliphatic carbocycles. The summed E-state index contributed by atoms with van der Waals surface area (Å²) in [5, 5.41) is 14.9. The molecule has 0 unspecified atom stereocenters. The first-order valence-corrected chi connectivity index (χ1v) is 14.5. The number of aryl methyl sites for hydroxylation is 1. The summed E-state index contributed by atoms with van der Waals surface area (Å²) in [5.74, 6) is 1.65. The number of fused-ring (bicyclic) bond motifs is 1. The number of rotatable bonds is 10. The molecule has 5 aromatic rings. The van der Waals surface area contributed by atoms with E-state index in [2.05, 4.69) is 27.5 Å². The molecule has 0 atom stereocenters. The maximum absolute atomic E-state index is 13.9. The number of benzene rings is 3. The fourth-order valence-electron chi connectivity index (χ4n) is 5.25. The van der Waals surface area contributed by atoms with Gasteiger partial charge in [-0.25, -0.2) is 4.98 Å². The van der Waals surface area contributed by atoms with Crippen molar-refractivity contribution < 1.29 is 14.3 Å². The van der Waals surface area contributed by atoms with E-state index in [1.165, 1.54) is 0 Å². The lowest BCUT2D eigenvalue weighted by atomic mass is 9.98. The Kier molecular flexibility index (Phi) is 8.50. The molecule has 1 N–H and O–H groups in total. The number of aromatic nitrogens is 6. The molecule has 6 rings (SSSR count). The minimum Gasteiger partial charge on any atom is -0.484 e. The van der Waals surface area contributed by atoms with Crippen LogP contribution in [-0.2, 0) is 22.5 Å². The van der Waals surface area contributed by atoms with Crippen LogP contribution in [0.2, 0.25) is 0 Å². The van der Waals surface area contributed by atoms with Crippen LogP contribution in [0.1, 0.15) is 31.2 Å². The van der Waals surface area contributed by atoms with Gasteiger partial charge in [0, 0.05) is 25.1 Å². The van der Waals surface area contributed by atoms with Crippen LogP contribution >= 0.6 is 0 Å². The molecule has 0 spiro atoms. The molecule has 3 aromatic carbocycles. The standard InChI is InChI=1S/C32H33N7O4/c1-2-3-8-29-33-28-14-13-24(43-21-30(40)38-15-17-42-18-16-38)19-27(28)32(41)39(29)20-22-9-11-23(12-10-22)25-6-4-5-7-26(25)31-34-36-37-35-31/h4-7,9-14,19H,2-3,8,15-18,20-21H2,1H3,(H,34,35,36,37). The number of carbonyl (C=O) groups is 1. The van der Waals surface area contributed by atoms with Crippen molar-refractivity contribution >= 4 is 16.8 Å². The monoisotopic (exact) mass is 579 g/mol. The minimum atomic E-state index is -0.132. The summed E-state index contributed by atoms with van der Waals surface area (Å²) in [6, 6.07) is 21.3. The van der Waals surface area contributed by atoms with Crippen LogP contribution in [0.4, 0.5) is 0 Å². The average molecular weight is 580 g/mol. The number of ether oxygens (including phenoxy) is 2. The number of carbonyl (C=O) groups excluding carboxylic acids is 1. The van der Waals surface area contributed by atoms with E-state index in [9.17, 15) is 9.59 Å². The maximum atomic E-state index is 13.9. The number of nitrogens with one attached hydrogen (secondary N) is 1. The van der Waals surface area contributed by atoms with Gasteiger partial charge < -0.3 is 14.4 Å². The number of unbranched alkanes of at least 4 members (excludes halogenated alkanes) is 1. The third-order valence-corrected chi connectivity index (χ3v) is 7.60. The highest BCUT2D eigenvalue weighted by atomic mass is 16.5. The van der Waals surface area contributed by atoms with Gasteiger partial charge in [0.15, 0.2) is 6.61 Å². The summed E-state index contributed by atoms with van der Waals surface area (Å²) in [6.07, 6.45) is 2.62. The van der Waals surface area contributed by atoms with Gasteiger partial charge in [0.05, 0.1) is 30.7 Å². The average Bonchev–Trinajstić information content (AvgIpc) is 3.60. The number of H-pyrrole nitrogens is 1. The van der Waals surface area contributed by atoms with E-state index in [1.807, 2.05) is 48.5 Å². The fraction of sp³-hybridized carbons (Fsp3) is 0.312. The van der Waals surface area contributed by atoms with Crippen molar-refractivity contribution in [3.8, 4) is 28.3 Å².